The highest BCUT2D eigenvalue weighted by Gasteiger charge is 2.10. The van der Waals surface area contributed by atoms with Crippen LogP contribution < -0.4 is 0 Å². The van der Waals surface area contributed by atoms with Crippen molar-refractivity contribution in [3.8, 4) is 28.1 Å². The molecule has 5 heterocycles. The van der Waals surface area contributed by atoms with Gasteiger partial charge < -0.3 is 20.0 Å². The number of phenolic OH excluding ortho intramolecular Hbond substituents is 1. The maximum atomic E-state index is 11.4. The van der Waals surface area contributed by atoms with Crippen molar-refractivity contribution in [3.05, 3.63) is 89.6 Å². The van der Waals surface area contributed by atoms with Gasteiger partial charge in [-0.3, -0.25) is 9.89 Å². The molecule has 10 heteroatoms. The van der Waals surface area contributed by atoms with E-state index in [4.69, 9.17) is 0 Å². The number of likely N-dealkylation sites (N-methyl/N-ethyl adjacent to an activating group) is 1. The molecule has 0 unspecified atom stereocenters. The molecule has 9 nitrogen and oxygen atoms in total. The van der Waals surface area contributed by atoms with Gasteiger partial charge in [-0.15, -0.1) is 0 Å². The van der Waals surface area contributed by atoms with E-state index in [-0.39, 0.29) is 11.7 Å². The molecule has 190 valence electrons. The van der Waals surface area contributed by atoms with E-state index >= 15 is 0 Å². The van der Waals surface area contributed by atoms with Gasteiger partial charge in [0.05, 0.1) is 5.69 Å². The van der Waals surface area contributed by atoms with E-state index < -0.39 is 0 Å². The Morgan fingerprint density at radius 2 is 1.76 bits per heavy atom. The molecule has 1 aromatic carbocycles. The van der Waals surface area contributed by atoms with Gasteiger partial charge in [-0.2, -0.15) is 5.10 Å². The first-order chi connectivity index (χ1) is 18.4. The fourth-order valence-corrected chi connectivity index (χ4v) is 4.25. The van der Waals surface area contributed by atoms with Crippen molar-refractivity contribution in [2.24, 2.45) is 0 Å². The van der Waals surface area contributed by atoms with E-state index in [1.807, 2.05) is 36.7 Å². The molecule has 0 saturated carbocycles. The fraction of sp³-hybridized carbons (Fsp3) is 0.0714. The van der Waals surface area contributed by atoms with Gasteiger partial charge in [0.1, 0.15) is 17.0 Å². The average molecular weight is 570 g/mol. The van der Waals surface area contributed by atoms with E-state index in [0.29, 0.717) is 0 Å². The Kier molecular flexibility index (Phi) is 7.05. The summed E-state index contributed by atoms with van der Waals surface area (Å²) >= 11 is 3.38. The Hall–Kier alpha value is -4.70. The lowest BCUT2D eigenvalue weighted by atomic mass is 10.0. The van der Waals surface area contributed by atoms with Gasteiger partial charge in [0.15, 0.2) is 0 Å². The van der Waals surface area contributed by atoms with E-state index in [2.05, 4.69) is 52.1 Å². The van der Waals surface area contributed by atoms with Crippen LogP contribution in [0.25, 0.3) is 50.5 Å². The number of pyridine rings is 2. The lowest BCUT2D eigenvalue weighted by molar-refractivity contribution is -0.123. The number of hydrogen-bond acceptors (Lipinski definition) is 5. The number of benzene rings is 1. The highest BCUT2D eigenvalue weighted by atomic mass is 79.9. The Bertz CT molecular complexity index is 1750. The minimum Gasteiger partial charge on any atom is -0.508 e. The molecule has 0 saturated heterocycles. The molecular weight excluding hydrogens is 546 g/mol. The highest BCUT2D eigenvalue weighted by Crippen LogP contribution is 2.30. The molecule has 6 rings (SSSR count). The van der Waals surface area contributed by atoms with E-state index in [9.17, 15) is 9.90 Å². The van der Waals surface area contributed by atoms with Crippen molar-refractivity contribution >= 4 is 50.0 Å². The third kappa shape index (κ3) is 5.35. The molecule has 4 N–H and O–H groups in total. The number of aromatic hydroxyl groups is 1. The number of carbonyl (C=O) groups is 1. The topological polar surface area (TPSA) is 127 Å². The standard InChI is InChI=1S/C16H12N4O.C12H12BrN3O/c21-12-3-1-2-10(6-12)11-7-13-14(15-4-5-19-20-15)9-18-16(13)17-8-11;1-16(2)11(17)4-3-8-6-14-12-10(8)5-9(13)7-15-12/h1-9,21H,(H,17,18)(H,19,20);3-7H,1-2H3,(H,14,15)/b;4-3+. The number of fused-ring (bicyclic) bond motifs is 2. The van der Waals surface area contributed by atoms with Crippen LogP contribution in [0, 0.1) is 0 Å². The molecule has 0 radical (unpaired) electrons. The predicted molar refractivity (Wildman–Crippen MR) is 152 cm³/mol. The van der Waals surface area contributed by atoms with Gasteiger partial charge >= 0.3 is 0 Å². The lowest BCUT2D eigenvalue weighted by Crippen LogP contribution is -2.18. The largest absolute Gasteiger partial charge is 0.508 e. The first kappa shape index (κ1) is 25.0. The van der Waals surface area contributed by atoms with Crippen LogP contribution in [0.3, 0.4) is 0 Å². The van der Waals surface area contributed by atoms with Crippen molar-refractivity contribution in [2.75, 3.05) is 14.1 Å². The molecular formula is C28H24BrN7O2. The number of amides is 1. The number of nitrogens with one attached hydrogen (secondary N) is 3. The zero-order chi connectivity index (χ0) is 26.6. The van der Waals surface area contributed by atoms with Gasteiger partial charge in [0, 0.05) is 83.1 Å². The van der Waals surface area contributed by atoms with Gasteiger partial charge in [-0.25, -0.2) is 9.97 Å². The Balaban J connectivity index is 0.000000159. The molecule has 6 aromatic rings. The monoisotopic (exact) mass is 569 g/mol. The average Bonchev–Trinajstić information content (AvgIpc) is 3.67. The number of phenols is 1. The molecule has 0 fully saturated rings. The normalized spacial score (nSPS) is 11.1. The Morgan fingerprint density at radius 1 is 0.974 bits per heavy atom. The van der Waals surface area contributed by atoms with Crippen molar-refractivity contribution < 1.29 is 9.90 Å². The molecule has 0 bridgehead atoms. The van der Waals surface area contributed by atoms with E-state index in [1.54, 1.807) is 57.0 Å². The highest BCUT2D eigenvalue weighted by molar-refractivity contribution is 9.10. The van der Waals surface area contributed by atoms with Crippen LogP contribution in [0.1, 0.15) is 5.56 Å². The fourth-order valence-electron chi connectivity index (χ4n) is 3.92. The van der Waals surface area contributed by atoms with Crippen LogP contribution in [-0.4, -0.2) is 60.1 Å². The summed E-state index contributed by atoms with van der Waals surface area (Å²) in [6.07, 6.45) is 12.3. The second kappa shape index (κ2) is 10.7. The quantitative estimate of drug-likeness (QED) is 0.201. The molecule has 5 aromatic heterocycles. The van der Waals surface area contributed by atoms with Crippen LogP contribution in [0.4, 0.5) is 0 Å². The zero-order valence-corrected chi connectivity index (χ0v) is 22.2. The summed E-state index contributed by atoms with van der Waals surface area (Å²) in [5, 5.41) is 18.6. The van der Waals surface area contributed by atoms with Gasteiger partial charge in [-0.05, 0) is 57.9 Å². The third-order valence-electron chi connectivity index (χ3n) is 5.88. The summed E-state index contributed by atoms with van der Waals surface area (Å²) in [4.78, 5) is 27.9. The summed E-state index contributed by atoms with van der Waals surface area (Å²) in [5.74, 6) is 0.206. The van der Waals surface area contributed by atoms with Crippen molar-refractivity contribution in [2.45, 2.75) is 0 Å². The Labute approximate surface area is 226 Å². The third-order valence-corrected chi connectivity index (χ3v) is 6.31. The van der Waals surface area contributed by atoms with Crippen LogP contribution >= 0.6 is 15.9 Å². The van der Waals surface area contributed by atoms with Gasteiger partial charge in [-0.1, -0.05) is 12.1 Å². The number of carbonyl (C=O) groups excluding carboxylic acids is 1. The summed E-state index contributed by atoms with van der Waals surface area (Å²) in [6.45, 7) is 0. The maximum absolute atomic E-state index is 11.4. The minimum absolute atomic E-state index is 0.0395. The van der Waals surface area contributed by atoms with Crippen molar-refractivity contribution in [3.63, 3.8) is 0 Å². The van der Waals surface area contributed by atoms with Crippen LogP contribution in [0.5, 0.6) is 5.75 Å². The molecule has 0 spiro atoms. The van der Waals surface area contributed by atoms with E-state index in [1.165, 1.54) is 4.90 Å². The summed E-state index contributed by atoms with van der Waals surface area (Å²) in [6, 6.07) is 13.1. The number of H-pyrrole nitrogens is 3. The molecule has 1 amide bonds. The van der Waals surface area contributed by atoms with Crippen molar-refractivity contribution in [1.82, 2.24) is 35.0 Å². The van der Waals surface area contributed by atoms with Gasteiger partial charge in [0.2, 0.25) is 5.91 Å². The van der Waals surface area contributed by atoms with Crippen LogP contribution in [-0.2, 0) is 4.79 Å². The van der Waals surface area contributed by atoms with E-state index in [0.717, 1.165) is 54.5 Å². The first-order valence-electron chi connectivity index (χ1n) is 11.7. The second-order valence-electron chi connectivity index (χ2n) is 8.70. The molecule has 0 atom stereocenters. The zero-order valence-electron chi connectivity index (χ0n) is 20.6. The number of aromatic nitrogens is 6. The minimum atomic E-state index is -0.0395. The predicted octanol–water partition coefficient (Wildman–Crippen LogP) is 5.75. The smallest absolute Gasteiger partial charge is 0.246 e. The van der Waals surface area contributed by atoms with Gasteiger partial charge in [0.25, 0.3) is 0 Å². The first-order valence-corrected chi connectivity index (χ1v) is 12.5. The number of halogens is 1. The molecule has 38 heavy (non-hydrogen) atoms. The van der Waals surface area contributed by atoms with Crippen LogP contribution in [0.2, 0.25) is 0 Å². The molecule has 0 aliphatic carbocycles. The molecule has 0 aliphatic heterocycles. The summed E-state index contributed by atoms with van der Waals surface area (Å²) < 4.78 is 0.915. The second-order valence-corrected chi connectivity index (χ2v) is 9.62. The summed E-state index contributed by atoms with van der Waals surface area (Å²) in [5.41, 5.74) is 6.44. The number of hydrogen-bond donors (Lipinski definition) is 4. The Morgan fingerprint density at radius 3 is 2.53 bits per heavy atom. The summed E-state index contributed by atoms with van der Waals surface area (Å²) in [7, 11) is 3.44. The van der Waals surface area contributed by atoms with Crippen LogP contribution in [0.15, 0.2) is 84.0 Å². The molecule has 0 aliphatic rings. The number of nitrogens with zero attached hydrogens (tertiary/aromatic N) is 4. The maximum Gasteiger partial charge on any atom is 0.246 e. The SMILES string of the molecule is CN(C)C(=O)/C=C/c1c[nH]c2ncc(Br)cc12.Oc1cccc(-c2cnc3[nH]cc(-c4ccn[nH]4)c3c2)c1. The van der Waals surface area contributed by atoms with Crippen molar-refractivity contribution in [1.29, 1.82) is 0 Å². The number of rotatable bonds is 4. The number of aromatic amines is 3. The lowest BCUT2D eigenvalue weighted by Gasteiger charge is -2.04.